The summed E-state index contributed by atoms with van der Waals surface area (Å²) in [5.74, 6) is 1.93. The predicted molar refractivity (Wildman–Crippen MR) is 164 cm³/mol. The van der Waals surface area contributed by atoms with Crippen LogP contribution in [0.5, 0.6) is 11.5 Å². The smallest absolute Gasteiger partial charge is 0.189 e. The van der Waals surface area contributed by atoms with E-state index in [9.17, 15) is 0 Å². The van der Waals surface area contributed by atoms with E-state index in [0.29, 0.717) is 0 Å². The molecule has 6 aromatic carbocycles. The summed E-state index contributed by atoms with van der Waals surface area (Å²) in [5, 5.41) is 5.49. The first kappa shape index (κ1) is 22.2. The molecule has 0 saturated heterocycles. The fraction of sp³-hybridized carbons (Fsp3) is 0. The molecule has 2 nitrogen and oxygen atoms in total. The Balaban J connectivity index is 1.46. The van der Waals surface area contributed by atoms with Crippen molar-refractivity contribution in [3.63, 3.8) is 0 Å². The molecule has 0 bridgehead atoms. The number of nitrogens with zero attached hydrogens (tertiary/aromatic N) is 1. The lowest BCUT2D eigenvalue weighted by Gasteiger charge is -2.38. The van der Waals surface area contributed by atoms with Crippen molar-refractivity contribution in [3.05, 3.63) is 152 Å². The number of para-hydroxylation sites is 3. The lowest BCUT2D eigenvalue weighted by Crippen LogP contribution is -2.74. The third-order valence-corrected chi connectivity index (χ3v) is 13.0. The van der Waals surface area contributed by atoms with Gasteiger partial charge in [0.2, 0.25) is 0 Å². The maximum Gasteiger partial charge on any atom is 0.189 e. The highest BCUT2D eigenvalue weighted by atomic mass is 28.3. The molecule has 0 amide bonds. The standard InChI is InChI=1S/C36H25NOSi/c1-3-13-26(14-4-1)37(27-15-5-2-6-16-27)28-23-24-32-36(25-28)39(35-22-12-9-19-31(35)38-32)33-20-10-7-17-29(33)30-18-8-11-21-34(30)39/h1-25H. The zero-order valence-electron chi connectivity index (χ0n) is 21.3. The summed E-state index contributed by atoms with van der Waals surface area (Å²) >= 11 is 0. The summed E-state index contributed by atoms with van der Waals surface area (Å²) < 4.78 is 6.66. The minimum Gasteiger partial charge on any atom is -0.458 e. The van der Waals surface area contributed by atoms with Crippen molar-refractivity contribution >= 4 is 45.9 Å². The van der Waals surface area contributed by atoms with Gasteiger partial charge in [0.15, 0.2) is 8.07 Å². The summed E-state index contributed by atoms with van der Waals surface area (Å²) in [4.78, 5) is 2.34. The van der Waals surface area contributed by atoms with Crippen LogP contribution in [0.15, 0.2) is 152 Å². The monoisotopic (exact) mass is 515 g/mol. The van der Waals surface area contributed by atoms with Gasteiger partial charge in [-0.05, 0) is 80.4 Å². The Bertz CT molecular complexity index is 1760. The van der Waals surface area contributed by atoms with E-state index < -0.39 is 8.07 Å². The molecular formula is C36H25NOSi. The lowest BCUT2D eigenvalue weighted by molar-refractivity contribution is 0.487. The molecule has 3 heteroatoms. The van der Waals surface area contributed by atoms with Gasteiger partial charge in [-0.2, -0.15) is 0 Å². The van der Waals surface area contributed by atoms with E-state index >= 15 is 0 Å². The van der Waals surface area contributed by atoms with E-state index in [4.69, 9.17) is 4.74 Å². The van der Waals surface area contributed by atoms with Gasteiger partial charge in [0.25, 0.3) is 0 Å². The van der Waals surface area contributed by atoms with Crippen molar-refractivity contribution in [2.24, 2.45) is 0 Å². The molecule has 0 aromatic heterocycles. The minimum absolute atomic E-state index is 0.955. The van der Waals surface area contributed by atoms with Gasteiger partial charge in [-0.25, -0.2) is 0 Å². The summed E-state index contributed by atoms with van der Waals surface area (Å²) in [7, 11) is -2.63. The van der Waals surface area contributed by atoms with Crippen molar-refractivity contribution in [1.29, 1.82) is 0 Å². The van der Waals surface area contributed by atoms with Crippen LogP contribution in [0.3, 0.4) is 0 Å². The number of rotatable bonds is 3. The first-order valence-electron chi connectivity index (χ1n) is 13.4. The average Bonchev–Trinajstić information content (AvgIpc) is 3.30. The van der Waals surface area contributed by atoms with Crippen LogP contribution in [-0.2, 0) is 0 Å². The van der Waals surface area contributed by atoms with Gasteiger partial charge in [-0.15, -0.1) is 0 Å². The molecule has 184 valence electrons. The molecule has 8 rings (SSSR count). The highest BCUT2D eigenvalue weighted by Crippen LogP contribution is 2.39. The maximum absolute atomic E-state index is 6.66. The molecule has 1 spiro atoms. The van der Waals surface area contributed by atoms with Crippen LogP contribution in [0.4, 0.5) is 17.1 Å². The molecule has 0 unspecified atom stereocenters. The first-order valence-corrected chi connectivity index (χ1v) is 15.4. The Labute approximate surface area is 229 Å². The molecule has 39 heavy (non-hydrogen) atoms. The topological polar surface area (TPSA) is 12.5 Å². The molecule has 0 saturated carbocycles. The van der Waals surface area contributed by atoms with Crippen molar-refractivity contribution in [1.82, 2.24) is 0 Å². The van der Waals surface area contributed by atoms with Crippen molar-refractivity contribution < 1.29 is 4.74 Å². The van der Waals surface area contributed by atoms with Crippen molar-refractivity contribution in [2.45, 2.75) is 0 Å². The number of anilines is 3. The zero-order valence-corrected chi connectivity index (χ0v) is 22.3. The van der Waals surface area contributed by atoms with Gasteiger partial charge >= 0.3 is 0 Å². The maximum atomic E-state index is 6.66. The lowest BCUT2D eigenvalue weighted by atomic mass is 10.1. The molecule has 6 aromatic rings. The Hall–Kier alpha value is -4.86. The van der Waals surface area contributed by atoms with E-state index in [2.05, 4.69) is 157 Å². The van der Waals surface area contributed by atoms with E-state index in [1.54, 1.807) is 0 Å². The van der Waals surface area contributed by atoms with Crippen LogP contribution in [0.25, 0.3) is 11.1 Å². The number of hydrogen-bond acceptors (Lipinski definition) is 2. The van der Waals surface area contributed by atoms with Crippen LogP contribution in [0.1, 0.15) is 0 Å². The largest absolute Gasteiger partial charge is 0.458 e. The molecule has 2 heterocycles. The van der Waals surface area contributed by atoms with Gasteiger partial charge in [-0.3, -0.25) is 0 Å². The van der Waals surface area contributed by atoms with Crippen LogP contribution in [0, 0.1) is 0 Å². The second kappa shape index (κ2) is 8.59. The Kier molecular flexibility index (Phi) is 4.88. The molecule has 2 aliphatic heterocycles. The highest BCUT2D eigenvalue weighted by molar-refractivity contribution is 7.23. The molecular weight excluding hydrogens is 490 g/mol. The second-order valence-electron chi connectivity index (χ2n) is 10.1. The summed E-state index contributed by atoms with van der Waals surface area (Å²) in [6, 6.07) is 54.7. The van der Waals surface area contributed by atoms with E-state index in [1.165, 1.54) is 31.9 Å². The molecule has 0 radical (unpaired) electrons. The summed E-state index contributed by atoms with van der Waals surface area (Å²) in [5.41, 5.74) is 6.07. The predicted octanol–water partition coefficient (Wildman–Crippen LogP) is 6.62. The normalized spacial score (nSPS) is 13.5. The quantitative estimate of drug-likeness (QED) is 0.245. The molecule has 2 aliphatic rings. The number of ether oxygens (including phenoxy) is 1. The second-order valence-corrected chi connectivity index (χ2v) is 13.8. The van der Waals surface area contributed by atoms with E-state index in [1.807, 2.05) is 0 Å². The third kappa shape index (κ3) is 3.14. The molecule has 0 N–H and O–H groups in total. The van der Waals surface area contributed by atoms with E-state index in [-0.39, 0.29) is 0 Å². The van der Waals surface area contributed by atoms with Crippen LogP contribution >= 0.6 is 0 Å². The van der Waals surface area contributed by atoms with Crippen LogP contribution < -0.4 is 30.4 Å². The highest BCUT2D eigenvalue weighted by Gasteiger charge is 2.53. The van der Waals surface area contributed by atoms with Gasteiger partial charge in [0.05, 0.1) is 0 Å². The first-order chi connectivity index (χ1) is 19.4. The van der Waals surface area contributed by atoms with E-state index in [0.717, 1.165) is 28.6 Å². The average molecular weight is 516 g/mol. The summed E-state index contributed by atoms with van der Waals surface area (Å²) in [6.07, 6.45) is 0. The Morgan fingerprint density at radius 3 is 1.49 bits per heavy atom. The van der Waals surface area contributed by atoms with Crippen LogP contribution in [0.2, 0.25) is 0 Å². The zero-order chi connectivity index (χ0) is 25.8. The third-order valence-electron chi connectivity index (χ3n) is 8.12. The number of benzene rings is 6. The number of fused-ring (bicyclic) bond motifs is 9. The van der Waals surface area contributed by atoms with Crippen molar-refractivity contribution in [3.8, 4) is 22.6 Å². The molecule has 0 atom stereocenters. The van der Waals surface area contributed by atoms with Crippen molar-refractivity contribution in [2.75, 3.05) is 4.90 Å². The minimum atomic E-state index is -2.63. The Morgan fingerprint density at radius 2 is 0.872 bits per heavy atom. The van der Waals surface area contributed by atoms with Crippen LogP contribution in [-0.4, -0.2) is 8.07 Å². The van der Waals surface area contributed by atoms with Gasteiger partial charge in [0, 0.05) is 17.1 Å². The molecule has 0 aliphatic carbocycles. The fourth-order valence-corrected chi connectivity index (χ4v) is 12.0. The fourth-order valence-electron chi connectivity index (χ4n) is 6.58. The summed E-state index contributed by atoms with van der Waals surface area (Å²) in [6.45, 7) is 0. The molecule has 0 fully saturated rings. The number of hydrogen-bond donors (Lipinski definition) is 0. The van der Waals surface area contributed by atoms with Gasteiger partial charge in [-0.1, -0.05) is 103 Å². The van der Waals surface area contributed by atoms with Gasteiger partial charge < -0.3 is 9.64 Å². The Morgan fingerprint density at radius 1 is 0.385 bits per heavy atom. The SMILES string of the molecule is c1ccc(N(c2ccccc2)c2ccc3c(c2)[Si]2(c4ccccc4O3)c3ccccc3-c3ccccc32)cc1. The van der Waals surface area contributed by atoms with Gasteiger partial charge in [0.1, 0.15) is 11.5 Å².